The maximum Gasteiger partial charge on any atom is 0.179 e. The first-order chi connectivity index (χ1) is 6.48. The molecular formula is C9H13N5. The zero-order valence-corrected chi connectivity index (χ0v) is 8.52. The number of hydrogen-bond acceptors (Lipinski definition) is 4. The average molecular weight is 191 g/mol. The molecule has 0 amide bonds. The number of hydrogen-bond donors (Lipinski definition) is 1. The molecule has 0 radical (unpaired) electrons. The van der Waals surface area contributed by atoms with Crippen molar-refractivity contribution in [2.45, 2.75) is 26.2 Å². The molecule has 0 aliphatic heterocycles. The summed E-state index contributed by atoms with van der Waals surface area (Å²) >= 11 is 0. The largest absolute Gasteiger partial charge is 0.396 e. The third-order valence-corrected chi connectivity index (χ3v) is 1.99. The van der Waals surface area contributed by atoms with Gasteiger partial charge in [0.1, 0.15) is 5.69 Å². The van der Waals surface area contributed by atoms with Crippen LogP contribution in [-0.4, -0.2) is 19.8 Å². The lowest BCUT2D eigenvalue weighted by Gasteiger charge is -2.13. The molecule has 0 bridgehead atoms. The van der Waals surface area contributed by atoms with Crippen LogP contribution >= 0.6 is 0 Å². The van der Waals surface area contributed by atoms with Gasteiger partial charge in [0.25, 0.3) is 0 Å². The van der Waals surface area contributed by atoms with E-state index in [0.717, 1.165) is 11.3 Å². The second-order valence-electron chi connectivity index (χ2n) is 4.34. The van der Waals surface area contributed by atoms with Gasteiger partial charge in [-0.1, -0.05) is 26.0 Å². The highest BCUT2D eigenvalue weighted by atomic mass is 15.4. The first kappa shape index (κ1) is 8.93. The van der Waals surface area contributed by atoms with Crippen molar-refractivity contribution in [3.63, 3.8) is 0 Å². The molecule has 0 saturated carbocycles. The summed E-state index contributed by atoms with van der Waals surface area (Å²) in [5, 5.41) is 8.07. The van der Waals surface area contributed by atoms with Gasteiger partial charge in [0, 0.05) is 5.41 Å². The van der Waals surface area contributed by atoms with E-state index in [2.05, 4.69) is 36.1 Å². The van der Waals surface area contributed by atoms with Crippen LogP contribution in [0.5, 0.6) is 0 Å². The highest BCUT2D eigenvalue weighted by molar-refractivity contribution is 5.49. The van der Waals surface area contributed by atoms with Gasteiger partial charge in [-0.25, -0.2) is 4.98 Å². The second-order valence-corrected chi connectivity index (χ2v) is 4.34. The van der Waals surface area contributed by atoms with Crippen molar-refractivity contribution in [1.82, 2.24) is 19.8 Å². The molecule has 2 N–H and O–H groups in total. The third-order valence-electron chi connectivity index (χ3n) is 1.99. The summed E-state index contributed by atoms with van der Waals surface area (Å²) in [6.07, 6.45) is 3.33. The molecule has 5 heteroatoms. The minimum atomic E-state index is -0.0507. The highest BCUT2D eigenvalue weighted by Crippen LogP contribution is 2.22. The number of aromatic nitrogens is 4. The summed E-state index contributed by atoms with van der Waals surface area (Å²) in [5.41, 5.74) is 7.78. The Balaban J connectivity index is 2.70. The summed E-state index contributed by atoms with van der Waals surface area (Å²) in [7, 11) is 0. The van der Waals surface area contributed by atoms with Crippen molar-refractivity contribution < 1.29 is 0 Å². The lowest BCUT2D eigenvalue weighted by Crippen LogP contribution is -2.12. The number of anilines is 1. The summed E-state index contributed by atoms with van der Waals surface area (Å²) in [6, 6.07) is 0. The van der Waals surface area contributed by atoms with E-state index in [9.17, 15) is 0 Å². The van der Waals surface area contributed by atoms with Crippen LogP contribution in [0.3, 0.4) is 0 Å². The molecule has 14 heavy (non-hydrogen) atoms. The van der Waals surface area contributed by atoms with Gasteiger partial charge >= 0.3 is 0 Å². The zero-order valence-electron chi connectivity index (χ0n) is 8.52. The van der Waals surface area contributed by atoms with E-state index in [1.54, 1.807) is 16.9 Å². The molecule has 2 rings (SSSR count). The smallest absolute Gasteiger partial charge is 0.179 e. The first-order valence-corrected chi connectivity index (χ1v) is 4.45. The Hall–Kier alpha value is -1.65. The van der Waals surface area contributed by atoms with E-state index in [4.69, 9.17) is 5.73 Å². The van der Waals surface area contributed by atoms with Gasteiger partial charge < -0.3 is 5.73 Å². The van der Waals surface area contributed by atoms with Crippen LogP contribution in [0.4, 0.5) is 5.69 Å². The van der Waals surface area contributed by atoms with E-state index in [-0.39, 0.29) is 5.41 Å². The third kappa shape index (κ3) is 1.30. The molecule has 2 aromatic rings. The van der Waals surface area contributed by atoms with Gasteiger partial charge in [0.05, 0.1) is 18.1 Å². The fraction of sp³-hybridized carbons (Fsp3) is 0.444. The van der Waals surface area contributed by atoms with E-state index in [1.807, 2.05) is 0 Å². The molecule has 0 aliphatic carbocycles. The Labute approximate surface area is 81.9 Å². The topological polar surface area (TPSA) is 69.1 Å². The molecule has 0 spiro atoms. The van der Waals surface area contributed by atoms with Crippen LogP contribution in [0.2, 0.25) is 0 Å². The summed E-state index contributed by atoms with van der Waals surface area (Å²) in [4.78, 5) is 4.22. The van der Waals surface area contributed by atoms with Crippen molar-refractivity contribution >= 4 is 11.3 Å². The van der Waals surface area contributed by atoms with Crippen molar-refractivity contribution in [1.29, 1.82) is 0 Å². The van der Waals surface area contributed by atoms with Crippen LogP contribution < -0.4 is 5.73 Å². The summed E-state index contributed by atoms with van der Waals surface area (Å²) < 4.78 is 1.61. The molecule has 0 unspecified atom stereocenters. The molecule has 2 aromatic heterocycles. The predicted octanol–water partition coefficient (Wildman–Crippen LogP) is 1.00. The fourth-order valence-electron chi connectivity index (χ4n) is 1.29. The molecule has 0 aromatic carbocycles. The Morgan fingerprint density at radius 3 is 2.71 bits per heavy atom. The maximum atomic E-state index is 5.59. The lowest BCUT2D eigenvalue weighted by atomic mass is 9.92. The highest BCUT2D eigenvalue weighted by Gasteiger charge is 2.21. The standard InChI is InChI=1S/C9H13N5/c1-9(2,3)7-8-11-4-6(10)5-14(8)13-12-7/h4-5H,10H2,1-3H3. The Morgan fingerprint density at radius 2 is 2.07 bits per heavy atom. The van der Waals surface area contributed by atoms with Crippen LogP contribution in [0, 0.1) is 0 Å². The van der Waals surface area contributed by atoms with E-state index in [1.165, 1.54) is 0 Å². The quantitative estimate of drug-likeness (QED) is 0.674. The molecule has 0 aliphatic rings. The summed E-state index contributed by atoms with van der Waals surface area (Å²) in [5.74, 6) is 0. The summed E-state index contributed by atoms with van der Waals surface area (Å²) in [6.45, 7) is 6.24. The van der Waals surface area contributed by atoms with Crippen molar-refractivity contribution in [2.24, 2.45) is 0 Å². The fourth-order valence-corrected chi connectivity index (χ4v) is 1.29. The lowest BCUT2D eigenvalue weighted by molar-refractivity contribution is 0.570. The van der Waals surface area contributed by atoms with E-state index >= 15 is 0 Å². The molecule has 0 atom stereocenters. The average Bonchev–Trinajstić information content (AvgIpc) is 2.45. The van der Waals surface area contributed by atoms with E-state index < -0.39 is 0 Å². The zero-order chi connectivity index (χ0) is 10.3. The van der Waals surface area contributed by atoms with Crippen LogP contribution in [0.1, 0.15) is 26.5 Å². The van der Waals surface area contributed by atoms with Gasteiger partial charge in [-0.15, -0.1) is 5.10 Å². The number of fused-ring (bicyclic) bond motifs is 1. The molecule has 2 heterocycles. The van der Waals surface area contributed by atoms with Crippen LogP contribution in [0.15, 0.2) is 12.4 Å². The SMILES string of the molecule is CC(C)(C)c1nnn2cc(N)cnc12. The molecule has 0 saturated heterocycles. The van der Waals surface area contributed by atoms with Crippen molar-refractivity contribution in [3.8, 4) is 0 Å². The van der Waals surface area contributed by atoms with Gasteiger partial charge in [0.2, 0.25) is 0 Å². The second kappa shape index (κ2) is 2.67. The van der Waals surface area contributed by atoms with Crippen molar-refractivity contribution in [3.05, 3.63) is 18.1 Å². The van der Waals surface area contributed by atoms with Gasteiger partial charge in [-0.2, -0.15) is 4.52 Å². The first-order valence-electron chi connectivity index (χ1n) is 4.45. The Bertz CT molecular complexity index is 465. The van der Waals surface area contributed by atoms with Gasteiger partial charge in [0.15, 0.2) is 5.65 Å². The van der Waals surface area contributed by atoms with Crippen LogP contribution in [0.25, 0.3) is 5.65 Å². The number of nitrogens with two attached hydrogens (primary N) is 1. The maximum absolute atomic E-state index is 5.59. The van der Waals surface area contributed by atoms with Crippen LogP contribution in [-0.2, 0) is 5.41 Å². The Kier molecular flexibility index (Phi) is 1.70. The monoisotopic (exact) mass is 191 g/mol. The number of nitrogens with zero attached hydrogens (tertiary/aromatic N) is 4. The Morgan fingerprint density at radius 1 is 1.36 bits per heavy atom. The van der Waals surface area contributed by atoms with Gasteiger partial charge in [-0.05, 0) is 0 Å². The van der Waals surface area contributed by atoms with Gasteiger partial charge in [-0.3, -0.25) is 0 Å². The molecule has 0 fully saturated rings. The number of nitrogen functional groups attached to an aromatic ring is 1. The van der Waals surface area contributed by atoms with Crippen molar-refractivity contribution in [2.75, 3.05) is 5.73 Å². The molecule has 5 nitrogen and oxygen atoms in total. The predicted molar refractivity (Wildman–Crippen MR) is 53.9 cm³/mol. The molecular weight excluding hydrogens is 178 g/mol. The number of rotatable bonds is 0. The molecule has 74 valence electrons. The minimum absolute atomic E-state index is 0.0507. The van der Waals surface area contributed by atoms with E-state index in [0.29, 0.717) is 5.69 Å². The normalized spacial score (nSPS) is 12.2. The minimum Gasteiger partial charge on any atom is -0.396 e.